The van der Waals surface area contributed by atoms with Gasteiger partial charge in [0.1, 0.15) is 5.69 Å². The van der Waals surface area contributed by atoms with E-state index in [1.165, 1.54) is 18.7 Å². The van der Waals surface area contributed by atoms with Gasteiger partial charge in [-0.25, -0.2) is 0 Å². The second-order valence-corrected chi connectivity index (χ2v) is 5.86. The highest BCUT2D eigenvalue weighted by Gasteiger charge is 2.23. The Morgan fingerprint density at radius 3 is 2.75 bits per heavy atom. The molecule has 0 radical (unpaired) electrons. The highest BCUT2D eigenvalue weighted by molar-refractivity contribution is 8.14. The number of nitrogens with zero attached hydrogens (tertiary/aromatic N) is 1. The molecule has 5 nitrogen and oxygen atoms in total. The van der Waals surface area contributed by atoms with E-state index in [0.29, 0.717) is 22.8 Å². The summed E-state index contributed by atoms with van der Waals surface area (Å²) in [7, 11) is 0. The van der Waals surface area contributed by atoms with Gasteiger partial charge >= 0.3 is 0 Å². The van der Waals surface area contributed by atoms with Crippen molar-refractivity contribution in [2.45, 2.75) is 33.6 Å². The Morgan fingerprint density at radius 1 is 1.45 bits per heavy atom. The summed E-state index contributed by atoms with van der Waals surface area (Å²) >= 11 is 1.54. The first-order valence-corrected chi connectivity index (χ1v) is 7.74. The number of carbonyl (C=O) groups excluding carboxylic acids is 2. The van der Waals surface area contributed by atoms with E-state index < -0.39 is 0 Å². The lowest BCUT2D eigenvalue weighted by atomic mass is 10.0. The van der Waals surface area contributed by atoms with E-state index in [0.717, 1.165) is 30.0 Å². The quantitative estimate of drug-likeness (QED) is 0.837. The lowest BCUT2D eigenvalue weighted by Gasteiger charge is -2.06. The van der Waals surface area contributed by atoms with Crippen molar-refractivity contribution in [3.63, 3.8) is 0 Å². The van der Waals surface area contributed by atoms with Crippen LogP contribution in [0.3, 0.4) is 0 Å². The molecule has 6 heteroatoms. The molecule has 1 aliphatic rings. The third-order valence-electron chi connectivity index (χ3n) is 3.18. The summed E-state index contributed by atoms with van der Waals surface area (Å²) in [4.78, 5) is 31.4. The van der Waals surface area contributed by atoms with Gasteiger partial charge in [0.2, 0.25) is 0 Å². The number of hydrogen-bond acceptors (Lipinski definition) is 4. The lowest BCUT2D eigenvalue weighted by Crippen LogP contribution is -2.28. The molecule has 0 spiro atoms. The maximum Gasteiger partial charge on any atom is 0.273 e. The van der Waals surface area contributed by atoms with Crippen LogP contribution in [0.2, 0.25) is 0 Å². The van der Waals surface area contributed by atoms with Crippen LogP contribution in [0, 0.1) is 6.92 Å². The minimum atomic E-state index is -0.211. The van der Waals surface area contributed by atoms with Gasteiger partial charge in [0.15, 0.2) is 11.0 Å². The highest BCUT2D eigenvalue weighted by Crippen LogP contribution is 2.22. The number of thioether (sulfide) groups is 1. The van der Waals surface area contributed by atoms with Gasteiger partial charge in [-0.1, -0.05) is 25.1 Å². The maximum atomic E-state index is 12.3. The van der Waals surface area contributed by atoms with Crippen LogP contribution < -0.4 is 5.32 Å². The van der Waals surface area contributed by atoms with Crippen LogP contribution in [-0.2, 0) is 6.42 Å². The number of ketones is 1. The molecule has 0 atom stereocenters. The summed E-state index contributed by atoms with van der Waals surface area (Å²) in [5.41, 5.74) is 2.72. The zero-order valence-corrected chi connectivity index (χ0v) is 12.8. The molecule has 0 aliphatic carbocycles. The predicted octanol–water partition coefficient (Wildman–Crippen LogP) is 2.31. The van der Waals surface area contributed by atoms with Crippen molar-refractivity contribution in [1.82, 2.24) is 10.3 Å². The molecule has 1 aliphatic heterocycles. The van der Waals surface area contributed by atoms with Crippen molar-refractivity contribution in [3.05, 3.63) is 22.5 Å². The molecule has 0 saturated heterocycles. The third kappa shape index (κ3) is 2.95. The monoisotopic (exact) mass is 293 g/mol. The Hall–Kier alpha value is -1.56. The van der Waals surface area contributed by atoms with Crippen LogP contribution in [0.25, 0.3) is 0 Å². The first-order valence-electron chi connectivity index (χ1n) is 6.75. The number of aryl methyl sites for hydroxylation is 1. The first kappa shape index (κ1) is 14.8. The molecule has 108 valence electrons. The fourth-order valence-electron chi connectivity index (χ4n) is 2.42. The molecule has 2 N–H and O–H groups in total. The summed E-state index contributed by atoms with van der Waals surface area (Å²) in [6, 6.07) is 0. The number of hydrogen-bond donors (Lipinski definition) is 2. The number of Topliss-reactive ketones (excluding diaryl/α,β-unsaturated/α-hetero) is 1. The molecular formula is C14H19N3O2S. The minimum absolute atomic E-state index is 0.00571. The zero-order valence-electron chi connectivity index (χ0n) is 12.0. The van der Waals surface area contributed by atoms with Crippen LogP contribution in [0.4, 0.5) is 0 Å². The number of nitrogens with one attached hydrogen (secondary N) is 2. The lowest BCUT2D eigenvalue weighted by molar-refractivity contribution is 0.0972. The number of aliphatic imine (C=N–C) groups is 1. The average Bonchev–Trinajstić information content (AvgIpc) is 2.97. The topological polar surface area (TPSA) is 74.3 Å². The summed E-state index contributed by atoms with van der Waals surface area (Å²) in [6.45, 7) is 6.14. The number of rotatable bonds is 4. The van der Waals surface area contributed by atoms with E-state index >= 15 is 0 Å². The smallest absolute Gasteiger partial charge is 0.273 e. The molecule has 2 heterocycles. The van der Waals surface area contributed by atoms with Crippen LogP contribution in [-0.4, -0.2) is 34.1 Å². The second-order valence-electron chi connectivity index (χ2n) is 4.77. The van der Waals surface area contributed by atoms with Gasteiger partial charge in [-0.2, -0.15) is 0 Å². The fourth-order valence-corrected chi connectivity index (χ4v) is 3.14. The van der Waals surface area contributed by atoms with E-state index in [2.05, 4.69) is 15.3 Å². The van der Waals surface area contributed by atoms with Gasteiger partial charge in [-0.05, 0) is 25.8 Å². The van der Waals surface area contributed by atoms with Crippen LogP contribution in [0.1, 0.15) is 52.4 Å². The molecule has 1 aromatic rings. The van der Waals surface area contributed by atoms with E-state index in [1.807, 2.05) is 13.8 Å². The number of amidine groups is 1. The molecule has 1 amide bonds. The normalized spacial score (nSPS) is 14.2. The number of aromatic amines is 1. The zero-order chi connectivity index (χ0) is 14.7. The summed E-state index contributed by atoms with van der Waals surface area (Å²) < 4.78 is 0. The van der Waals surface area contributed by atoms with Gasteiger partial charge in [0.05, 0.1) is 6.54 Å². The second kappa shape index (κ2) is 6.26. The highest BCUT2D eigenvalue weighted by atomic mass is 32.2. The largest absolute Gasteiger partial charge is 0.354 e. The number of carbonyl (C=O) groups is 2. The summed E-state index contributed by atoms with van der Waals surface area (Å²) in [5.74, 6) is 0.686. The Kier molecular flexibility index (Phi) is 4.65. The van der Waals surface area contributed by atoms with Gasteiger partial charge in [0.25, 0.3) is 5.91 Å². The number of H-pyrrole nitrogens is 1. The van der Waals surface area contributed by atoms with Crippen molar-refractivity contribution >= 4 is 28.6 Å². The van der Waals surface area contributed by atoms with Crippen molar-refractivity contribution in [2.75, 3.05) is 12.3 Å². The Morgan fingerprint density at radius 2 is 2.20 bits per heavy atom. The molecule has 1 aromatic heterocycles. The van der Waals surface area contributed by atoms with Gasteiger partial charge in [-0.15, -0.1) is 0 Å². The van der Waals surface area contributed by atoms with E-state index in [-0.39, 0.29) is 11.7 Å². The molecule has 0 aromatic carbocycles. The van der Waals surface area contributed by atoms with E-state index in [1.54, 1.807) is 0 Å². The van der Waals surface area contributed by atoms with Crippen molar-refractivity contribution in [3.8, 4) is 0 Å². The van der Waals surface area contributed by atoms with E-state index in [9.17, 15) is 9.59 Å². The van der Waals surface area contributed by atoms with Crippen LogP contribution >= 0.6 is 11.8 Å². The van der Waals surface area contributed by atoms with E-state index in [4.69, 9.17) is 0 Å². The molecule has 2 rings (SSSR count). The third-order valence-corrected chi connectivity index (χ3v) is 4.07. The molecule has 20 heavy (non-hydrogen) atoms. The average molecular weight is 293 g/mol. The molecule has 0 fully saturated rings. The molecule has 0 bridgehead atoms. The molecular weight excluding hydrogens is 274 g/mol. The fraction of sp³-hybridized carbons (Fsp3) is 0.500. The van der Waals surface area contributed by atoms with Crippen LogP contribution in [0.5, 0.6) is 0 Å². The van der Waals surface area contributed by atoms with Gasteiger partial charge in [-0.3, -0.25) is 14.6 Å². The Bertz CT molecular complexity index is 575. The SMILES string of the molecule is CCCc1c(C(=O)NC2=NCCS2)[nH]c(C)c1C(C)=O. The standard InChI is InChI=1S/C14H19N3O2S/c1-4-5-10-11(9(3)18)8(2)16-12(10)13(19)17-14-15-6-7-20-14/h16H,4-7H2,1-3H3,(H,15,17,19). The molecule has 0 saturated carbocycles. The van der Waals surface area contributed by atoms with Crippen molar-refractivity contribution in [2.24, 2.45) is 4.99 Å². The summed E-state index contributed by atoms with van der Waals surface area (Å²) in [5, 5.41) is 3.47. The summed E-state index contributed by atoms with van der Waals surface area (Å²) in [6.07, 6.45) is 1.59. The molecule has 0 unspecified atom stereocenters. The maximum absolute atomic E-state index is 12.3. The van der Waals surface area contributed by atoms with Crippen molar-refractivity contribution in [1.29, 1.82) is 0 Å². The first-order chi connectivity index (χ1) is 9.54. The van der Waals surface area contributed by atoms with Gasteiger partial charge in [0, 0.05) is 17.0 Å². The number of aromatic nitrogens is 1. The minimum Gasteiger partial charge on any atom is -0.354 e. The van der Waals surface area contributed by atoms with Crippen molar-refractivity contribution < 1.29 is 9.59 Å². The Labute approximate surface area is 122 Å². The predicted molar refractivity (Wildman–Crippen MR) is 81.8 cm³/mol. The van der Waals surface area contributed by atoms with Gasteiger partial charge < -0.3 is 10.3 Å². The number of amides is 1. The van der Waals surface area contributed by atoms with Crippen LogP contribution in [0.15, 0.2) is 4.99 Å². The Balaban J connectivity index is 2.32.